The average Bonchev–Trinajstić information content (AvgIpc) is 3.47. The fourth-order valence-electron chi connectivity index (χ4n) is 2.91. The summed E-state index contributed by atoms with van der Waals surface area (Å²) >= 11 is 2.96. The monoisotopic (exact) mass is 429 g/mol. The molecule has 0 unspecified atom stereocenters. The van der Waals surface area contributed by atoms with Crippen molar-refractivity contribution in [3.8, 4) is 11.5 Å². The molecule has 0 radical (unpaired) electrons. The van der Waals surface area contributed by atoms with Gasteiger partial charge >= 0.3 is 0 Å². The van der Waals surface area contributed by atoms with Gasteiger partial charge in [-0.3, -0.25) is 4.79 Å². The summed E-state index contributed by atoms with van der Waals surface area (Å²) < 4.78 is 7.81. The zero-order valence-electron chi connectivity index (χ0n) is 15.6. The van der Waals surface area contributed by atoms with Crippen molar-refractivity contribution in [3.05, 3.63) is 103 Å². The molecule has 0 bridgehead atoms. The summed E-state index contributed by atoms with van der Waals surface area (Å²) in [6.07, 6.45) is 5.60. The van der Waals surface area contributed by atoms with Gasteiger partial charge in [0.1, 0.15) is 11.5 Å². The van der Waals surface area contributed by atoms with E-state index in [0.717, 1.165) is 16.2 Å². The molecule has 5 nitrogen and oxygen atoms in total. The first kappa shape index (κ1) is 18.5. The van der Waals surface area contributed by atoms with Crippen LogP contribution in [0.1, 0.15) is 16.3 Å². The summed E-state index contributed by atoms with van der Waals surface area (Å²) in [4.78, 5) is 18.9. The third-order valence-electron chi connectivity index (χ3n) is 4.27. The molecule has 3 heterocycles. The molecule has 0 N–H and O–H groups in total. The Bertz CT molecular complexity index is 1440. The van der Waals surface area contributed by atoms with Crippen LogP contribution in [0.15, 0.2) is 76.9 Å². The van der Waals surface area contributed by atoms with Gasteiger partial charge in [0, 0.05) is 4.88 Å². The fraction of sp³-hybridized carbons (Fsp3) is 0. The molecular weight excluding hydrogens is 414 g/mol. The lowest BCUT2D eigenvalue weighted by Gasteiger charge is -2.05. The van der Waals surface area contributed by atoms with Crippen LogP contribution < -0.4 is 14.8 Å². The zero-order valence-corrected chi connectivity index (χ0v) is 17.3. The van der Waals surface area contributed by atoms with Crippen molar-refractivity contribution in [2.24, 2.45) is 0 Å². The number of hydrogen-bond acceptors (Lipinski definition) is 6. The molecule has 0 fully saturated rings. The predicted molar refractivity (Wildman–Crippen MR) is 122 cm³/mol. The molecule has 30 heavy (non-hydrogen) atoms. The van der Waals surface area contributed by atoms with E-state index < -0.39 is 0 Å². The van der Waals surface area contributed by atoms with Crippen LogP contribution in [0.2, 0.25) is 0 Å². The Kier molecular flexibility index (Phi) is 4.96. The molecule has 0 aliphatic heterocycles. The van der Waals surface area contributed by atoms with Gasteiger partial charge in [0.25, 0.3) is 5.56 Å². The number of fused-ring (bicyclic) bond motifs is 1. The largest absolute Gasteiger partial charge is 0.457 e. The Labute approximate surface area is 179 Å². The van der Waals surface area contributed by atoms with Gasteiger partial charge < -0.3 is 4.74 Å². The van der Waals surface area contributed by atoms with Crippen LogP contribution in [0.4, 0.5) is 0 Å². The van der Waals surface area contributed by atoms with E-state index in [-0.39, 0.29) is 5.56 Å². The molecule has 0 amide bonds. The number of ether oxygens (including phenoxy) is 1. The highest BCUT2D eigenvalue weighted by Crippen LogP contribution is 2.22. The smallest absolute Gasteiger partial charge is 0.291 e. The number of thiazole rings is 1. The highest BCUT2D eigenvalue weighted by atomic mass is 32.1. The molecule has 0 spiro atoms. The van der Waals surface area contributed by atoms with Crippen LogP contribution in [0.3, 0.4) is 0 Å². The molecule has 0 saturated heterocycles. The van der Waals surface area contributed by atoms with Gasteiger partial charge in [-0.15, -0.1) is 16.4 Å². The van der Waals surface area contributed by atoms with E-state index in [1.54, 1.807) is 11.3 Å². The maximum atomic E-state index is 12.7. The number of benzene rings is 2. The molecule has 5 rings (SSSR count). The Balaban J connectivity index is 1.43. The topological polar surface area (TPSA) is 56.5 Å². The van der Waals surface area contributed by atoms with E-state index in [2.05, 4.69) is 10.1 Å². The molecule has 2 aromatic carbocycles. The Morgan fingerprint density at radius 1 is 0.933 bits per heavy atom. The summed E-state index contributed by atoms with van der Waals surface area (Å²) in [5, 5.41) is 6.33. The molecule has 0 aliphatic rings. The molecule has 3 aromatic heterocycles. The second-order valence-electron chi connectivity index (χ2n) is 6.42. The maximum Gasteiger partial charge on any atom is 0.291 e. The van der Waals surface area contributed by atoms with E-state index in [0.29, 0.717) is 21.1 Å². The average molecular weight is 430 g/mol. The number of aromatic nitrogens is 3. The zero-order chi connectivity index (χ0) is 20.3. The van der Waals surface area contributed by atoms with Crippen molar-refractivity contribution < 1.29 is 4.74 Å². The normalized spacial score (nSPS) is 12.2. The molecule has 5 aromatic rings. The second-order valence-corrected chi connectivity index (χ2v) is 8.40. The Morgan fingerprint density at radius 3 is 2.60 bits per heavy atom. The van der Waals surface area contributed by atoms with E-state index in [1.165, 1.54) is 15.9 Å². The van der Waals surface area contributed by atoms with Crippen LogP contribution in [0.25, 0.3) is 23.2 Å². The Morgan fingerprint density at radius 2 is 1.80 bits per heavy atom. The van der Waals surface area contributed by atoms with Crippen molar-refractivity contribution in [1.82, 2.24) is 14.6 Å². The number of rotatable bonds is 5. The van der Waals surface area contributed by atoms with Crippen molar-refractivity contribution in [3.63, 3.8) is 0 Å². The summed E-state index contributed by atoms with van der Waals surface area (Å²) in [7, 11) is 0. The number of nitrogens with zero attached hydrogens (tertiary/aromatic N) is 3. The van der Waals surface area contributed by atoms with Crippen LogP contribution in [0, 0.1) is 0 Å². The van der Waals surface area contributed by atoms with Gasteiger partial charge in [0.15, 0.2) is 5.82 Å². The molecule has 146 valence electrons. The second kappa shape index (κ2) is 8.06. The fourth-order valence-corrected chi connectivity index (χ4v) is 4.44. The van der Waals surface area contributed by atoms with Crippen molar-refractivity contribution in [2.75, 3.05) is 0 Å². The minimum atomic E-state index is -0.173. The highest BCUT2D eigenvalue weighted by Gasteiger charge is 2.09. The third-order valence-corrected chi connectivity index (χ3v) is 6.07. The minimum Gasteiger partial charge on any atom is -0.457 e. The van der Waals surface area contributed by atoms with Gasteiger partial charge in [-0.05, 0) is 59.5 Å². The number of thiophene rings is 1. The summed E-state index contributed by atoms with van der Waals surface area (Å²) in [5.74, 6) is 2.00. The lowest BCUT2D eigenvalue weighted by molar-refractivity contribution is 0.482. The minimum absolute atomic E-state index is 0.173. The highest BCUT2D eigenvalue weighted by molar-refractivity contribution is 7.15. The van der Waals surface area contributed by atoms with Gasteiger partial charge in [-0.2, -0.15) is 9.50 Å². The number of hydrogen-bond donors (Lipinski definition) is 0. The molecule has 0 aliphatic carbocycles. The van der Waals surface area contributed by atoms with E-state index in [4.69, 9.17) is 4.74 Å². The quantitative estimate of drug-likeness (QED) is 0.406. The maximum absolute atomic E-state index is 12.7. The van der Waals surface area contributed by atoms with E-state index >= 15 is 0 Å². The molecule has 0 atom stereocenters. The standard InChI is InChI=1S/C23H15N3O2S2/c27-22-20(15-16-6-4-9-18(14-16)28-17-7-2-1-3-8-17)30-23-24-21(25-26(22)23)12-11-19-10-5-13-29-19/h1-15H/b12-11+,20-15-. The van der Waals surface area contributed by atoms with Crippen molar-refractivity contribution in [2.45, 2.75) is 0 Å². The Hall–Kier alpha value is -3.55. The van der Waals surface area contributed by atoms with Crippen LogP contribution in [-0.2, 0) is 0 Å². The van der Waals surface area contributed by atoms with Gasteiger partial charge in [0.2, 0.25) is 4.96 Å². The van der Waals surface area contributed by atoms with E-state index in [1.807, 2.05) is 90.3 Å². The summed E-state index contributed by atoms with van der Waals surface area (Å²) in [6.45, 7) is 0. The summed E-state index contributed by atoms with van der Waals surface area (Å²) in [6, 6.07) is 21.2. The van der Waals surface area contributed by atoms with Gasteiger partial charge in [-0.25, -0.2) is 0 Å². The predicted octanol–water partition coefficient (Wildman–Crippen LogP) is 4.72. The lowest BCUT2D eigenvalue weighted by atomic mass is 10.2. The van der Waals surface area contributed by atoms with Gasteiger partial charge in [-0.1, -0.05) is 47.7 Å². The SMILES string of the molecule is O=c1/c(=C/c2cccc(Oc3ccccc3)c2)sc2nc(/C=C/c3cccs3)nn12. The summed E-state index contributed by atoms with van der Waals surface area (Å²) in [5.41, 5.74) is 0.704. The first-order valence-electron chi connectivity index (χ1n) is 9.20. The van der Waals surface area contributed by atoms with Crippen molar-refractivity contribution >= 4 is 45.9 Å². The van der Waals surface area contributed by atoms with Crippen LogP contribution in [-0.4, -0.2) is 14.6 Å². The molecule has 7 heteroatoms. The van der Waals surface area contributed by atoms with E-state index in [9.17, 15) is 4.79 Å². The van der Waals surface area contributed by atoms with Crippen molar-refractivity contribution in [1.29, 1.82) is 0 Å². The molecular formula is C23H15N3O2S2. The van der Waals surface area contributed by atoms with Crippen LogP contribution >= 0.6 is 22.7 Å². The lowest BCUT2D eigenvalue weighted by Crippen LogP contribution is -2.23. The first-order chi connectivity index (χ1) is 14.7. The molecule has 0 saturated carbocycles. The third kappa shape index (κ3) is 3.94. The van der Waals surface area contributed by atoms with Crippen LogP contribution in [0.5, 0.6) is 11.5 Å². The number of para-hydroxylation sites is 1. The van der Waals surface area contributed by atoms with Gasteiger partial charge in [0.05, 0.1) is 4.53 Å². The first-order valence-corrected chi connectivity index (χ1v) is 10.9.